The second kappa shape index (κ2) is 8.55. The molecule has 6 heteroatoms. The van der Waals surface area contributed by atoms with Gasteiger partial charge in [0.1, 0.15) is 0 Å². The number of nitrogens with one attached hydrogen (secondary N) is 2. The number of urea groups is 1. The lowest BCUT2D eigenvalue weighted by atomic mass is 9.81. The molecule has 0 radical (unpaired) electrons. The minimum Gasteiger partial charge on any atom is -0.360 e. The van der Waals surface area contributed by atoms with Gasteiger partial charge < -0.3 is 10.3 Å². The van der Waals surface area contributed by atoms with E-state index >= 15 is 0 Å². The van der Waals surface area contributed by atoms with Crippen LogP contribution in [0, 0.1) is 13.8 Å². The van der Waals surface area contributed by atoms with Gasteiger partial charge in [0.2, 0.25) is 0 Å². The van der Waals surface area contributed by atoms with E-state index in [2.05, 4.69) is 17.2 Å². The van der Waals surface area contributed by atoms with E-state index in [4.69, 9.17) is 0 Å². The molecule has 1 aromatic heterocycles. The number of imide groups is 1. The molecule has 3 amide bonds. The van der Waals surface area contributed by atoms with Crippen molar-refractivity contribution < 1.29 is 14.4 Å². The highest BCUT2D eigenvalue weighted by Crippen LogP contribution is 2.37. The van der Waals surface area contributed by atoms with Gasteiger partial charge in [-0.05, 0) is 48.1 Å². The third kappa shape index (κ3) is 3.53. The second-order valence-electron chi connectivity index (χ2n) is 9.06. The summed E-state index contributed by atoms with van der Waals surface area (Å²) >= 11 is 0. The lowest BCUT2D eigenvalue weighted by Gasteiger charge is -2.28. The predicted molar refractivity (Wildman–Crippen MR) is 135 cm³/mol. The number of H-pyrrole nitrogens is 1. The van der Waals surface area contributed by atoms with Crippen molar-refractivity contribution in [3.63, 3.8) is 0 Å². The maximum atomic E-state index is 14.0. The Labute approximate surface area is 204 Å². The molecule has 0 aliphatic carbocycles. The first-order valence-electron chi connectivity index (χ1n) is 11.8. The minimum atomic E-state index is -1.40. The molecule has 6 nitrogen and oxygen atoms in total. The van der Waals surface area contributed by atoms with E-state index in [-0.39, 0.29) is 12.3 Å². The Morgan fingerprint density at radius 1 is 0.914 bits per heavy atom. The third-order valence-electron chi connectivity index (χ3n) is 7.04. The normalized spacial score (nSPS) is 17.7. The number of hydrogen-bond acceptors (Lipinski definition) is 3. The molecule has 4 aromatic rings. The van der Waals surface area contributed by atoms with Gasteiger partial charge in [-0.15, -0.1) is 0 Å². The van der Waals surface area contributed by atoms with E-state index in [0.717, 1.165) is 38.9 Å². The molecular weight excluding hydrogens is 438 g/mol. The van der Waals surface area contributed by atoms with Crippen LogP contribution in [-0.2, 0) is 16.8 Å². The maximum Gasteiger partial charge on any atom is 0.325 e. The van der Waals surface area contributed by atoms with Crippen LogP contribution < -0.4 is 5.32 Å². The van der Waals surface area contributed by atoms with Crippen LogP contribution in [0.2, 0.25) is 0 Å². The fourth-order valence-corrected chi connectivity index (χ4v) is 4.91. The molecule has 1 fully saturated rings. The van der Waals surface area contributed by atoms with E-state index in [1.807, 2.05) is 80.6 Å². The van der Waals surface area contributed by atoms with Gasteiger partial charge in [-0.2, -0.15) is 0 Å². The smallest absolute Gasteiger partial charge is 0.325 e. The Morgan fingerprint density at radius 2 is 1.69 bits per heavy atom. The van der Waals surface area contributed by atoms with E-state index in [0.29, 0.717) is 16.7 Å². The van der Waals surface area contributed by atoms with E-state index in [1.54, 1.807) is 6.20 Å². The summed E-state index contributed by atoms with van der Waals surface area (Å²) in [5.41, 5.74) is 4.51. The molecule has 1 aliphatic heterocycles. The SMILES string of the molecule is CCc1cccc2c(C(=O)CN3C(=O)N[C@](c4ccccc4)(c4ccc(C)c(C)c4)C3=O)c[nH]c12. The molecule has 0 unspecified atom stereocenters. The summed E-state index contributed by atoms with van der Waals surface area (Å²) in [5.74, 6) is -0.753. The molecule has 0 spiro atoms. The molecule has 0 saturated carbocycles. The summed E-state index contributed by atoms with van der Waals surface area (Å²) in [6, 6.07) is 20.2. The number of Topliss-reactive ketones (excluding diaryl/α,β-unsaturated/α-hetero) is 1. The zero-order valence-corrected chi connectivity index (χ0v) is 20.0. The lowest BCUT2D eigenvalue weighted by Crippen LogP contribution is -2.45. The van der Waals surface area contributed by atoms with E-state index in [1.165, 1.54) is 0 Å². The van der Waals surface area contributed by atoms with Crippen molar-refractivity contribution in [2.24, 2.45) is 0 Å². The summed E-state index contributed by atoms with van der Waals surface area (Å²) in [6.07, 6.45) is 2.49. The number of hydrogen-bond donors (Lipinski definition) is 2. The number of amides is 3. The van der Waals surface area contributed by atoms with Crippen LogP contribution >= 0.6 is 0 Å². The van der Waals surface area contributed by atoms with Crippen LogP contribution in [-0.4, -0.2) is 34.2 Å². The largest absolute Gasteiger partial charge is 0.360 e. The zero-order chi connectivity index (χ0) is 24.7. The first-order chi connectivity index (χ1) is 16.9. The van der Waals surface area contributed by atoms with Gasteiger partial charge in [-0.25, -0.2) is 4.79 Å². The quantitative estimate of drug-likeness (QED) is 0.310. The van der Waals surface area contributed by atoms with Crippen LogP contribution in [0.4, 0.5) is 4.79 Å². The molecule has 5 rings (SSSR count). The zero-order valence-electron chi connectivity index (χ0n) is 20.0. The second-order valence-corrected chi connectivity index (χ2v) is 9.06. The van der Waals surface area contributed by atoms with Crippen molar-refractivity contribution in [3.8, 4) is 0 Å². The molecule has 176 valence electrons. The van der Waals surface area contributed by atoms with Gasteiger partial charge in [-0.1, -0.05) is 73.7 Å². The summed E-state index contributed by atoms with van der Waals surface area (Å²) in [5, 5.41) is 3.73. The number of rotatable bonds is 6. The molecule has 1 aliphatic rings. The number of carbonyl (C=O) groups is 3. The lowest BCUT2D eigenvalue weighted by molar-refractivity contribution is -0.129. The van der Waals surface area contributed by atoms with Crippen LogP contribution in [0.5, 0.6) is 0 Å². The fourth-order valence-electron chi connectivity index (χ4n) is 4.91. The number of fused-ring (bicyclic) bond motifs is 1. The summed E-state index contributed by atoms with van der Waals surface area (Å²) in [7, 11) is 0. The van der Waals surface area contributed by atoms with Gasteiger partial charge in [0.15, 0.2) is 11.3 Å². The highest BCUT2D eigenvalue weighted by Gasteiger charge is 2.54. The number of benzene rings is 3. The number of ketones is 1. The number of aromatic nitrogens is 1. The molecular formula is C29H27N3O3. The van der Waals surface area contributed by atoms with Gasteiger partial charge in [0, 0.05) is 22.7 Å². The first kappa shape index (κ1) is 22.6. The van der Waals surface area contributed by atoms with Crippen molar-refractivity contribution in [2.45, 2.75) is 32.7 Å². The summed E-state index contributed by atoms with van der Waals surface area (Å²) in [6.45, 7) is 5.69. The number of para-hydroxylation sites is 1. The van der Waals surface area contributed by atoms with E-state index in [9.17, 15) is 14.4 Å². The van der Waals surface area contributed by atoms with Crippen molar-refractivity contribution in [2.75, 3.05) is 6.54 Å². The van der Waals surface area contributed by atoms with Crippen LogP contribution in [0.1, 0.15) is 45.1 Å². The number of aryl methyl sites for hydroxylation is 3. The van der Waals surface area contributed by atoms with Crippen molar-refractivity contribution in [3.05, 3.63) is 106 Å². The van der Waals surface area contributed by atoms with Crippen molar-refractivity contribution in [1.29, 1.82) is 0 Å². The molecule has 2 N–H and O–H groups in total. The molecule has 1 atom stereocenters. The number of carbonyl (C=O) groups excluding carboxylic acids is 3. The average Bonchev–Trinajstić information content (AvgIpc) is 3.41. The maximum absolute atomic E-state index is 14.0. The standard InChI is InChI=1S/C29H27N3O3/c1-4-20-9-8-12-23-24(16-30-26(20)23)25(33)17-32-27(34)29(31-28(32)35,21-10-6-5-7-11-21)22-14-13-18(2)19(3)15-22/h5-16,30H,4,17H2,1-3H3,(H,31,35)/t29-/m1/s1. The first-order valence-corrected chi connectivity index (χ1v) is 11.8. The van der Waals surface area contributed by atoms with Gasteiger partial charge in [0.05, 0.1) is 6.54 Å². The number of aromatic amines is 1. The van der Waals surface area contributed by atoms with Crippen LogP contribution in [0.15, 0.2) is 72.9 Å². The molecule has 3 aromatic carbocycles. The van der Waals surface area contributed by atoms with Gasteiger partial charge >= 0.3 is 6.03 Å². The Bertz CT molecular complexity index is 1470. The summed E-state index contributed by atoms with van der Waals surface area (Å²) in [4.78, 5) is 44.8. The molecule has 1 saturated heterocycles. The number of nitrogens with zero attached hydrogens (tertiary/aromatic N) is 1. The van der Waals surface area contributed by atoms with Crippen molar-refractivity contribution >= 4 is 28.6 Å². The highest BCUT2D eigenvalue weighted by atomic mass is 16.2. The highest BCUT2D eigenvalue weighted by molar-refractivity contribution is 6.15. The average molecular weight is 466 g/mol. The monoisotopic (exact) mass is 465 g/mol. The third-order valence-corrected chi connectivity index (χ3v) is 7.04. The molecule has 35 heavy (non-hydrogen) atoms. The minimum absolute atomic E-state index is 0.294. The Morgan fingerprint density at radius 3 is 2.40 bits per heavy atom. The van der Waals surface area contributed by atoms with Crippen molar-refractivity contribution in [1.82, 2.24) is 15.2 Å². The Balaban J connectivity index is 1.55. The fraction of sp³-hybridized carbons (Fsp3) is 0.207. The molecule has 2 heterocycles. The topological polar surface area (TPSA) is 82.3 Å². The summed E-state index contributed by atoms with van der Waals surface area (Å²) < 4.78 is 0. The predicted octanol–water partition coefficient (Wildman–Crippen LogP) is 5.03. The molecule has 0 bridgehead atoms. The Hall–Kier alpha value is -4.19. The Kier molecular flexibility index (Phi) is 5.52. The van der Waals surface area contributed by atoms with Gasteiger partial charge in [0.25, 0.3) is 5.91 Å². The van der Waals surface area contributed by atoms with Gasteiger partial charge in [-0.3, -0.25) is 14.5 Å². The van der Waals surface area contributed by atoms with Crippen LogP contribution in [0.3, 0.4) is 0 Å². The van der Waals surface area contributed by atoms with Crippen LogP contribution in [0.25, 0.3) is 10.9 Å². The van der Waals surface area contributed by atoms with E-state index < -0.39 is 17.5 Å².